The van der Waals surface area contributed by atoms with Crippen molar-refractivity contribution in [2.75, 3.05) is 51.3 Å². The maximum atomic E-state index is 11.1. The third-order valence-electron chi connectivity index (χ3n) is 3.12. The van der Waals surface area contributed by atoms with Crippen molar-refractivity contribution in [1.29, 1.82) is 0 Å². The molecule has 0 amide bonds. The predicted octanol–water partition coefficient (Wildman–Crippen LogP) is 0.232. The summed E-state index contributed by atoms with van der Waals surface area (Å²) in [6, 6.07) is 0. The van der Waals surface area contributed by atoms with Gasteiger partial charge in [0.15, 0.2) is 6.61 Å². The maximum absolute atomic E-state index is 11.1. The Bertz CT molecular complexity index is 418. The number of aromatic nitrogens is 2. The first kappa shape index (κ1) is 14.0. The van der Waals surface area contributed by atoms with Crippen molar-refractivity contribution in [3.63, 3.8) is 0 Å². The molecule has 2 heterocycles. The normalized spacial score (nSPS) is 16.4. The molecule has 0 atom stereocenters. The van der Waals surface area contributed by atoms with Crippen LogP contribution in [0.25, 0.3) is 0 Å². The van der Waals surface area contributed by atoms with Crippen molar-refractivity contribution in [3.8, 4) is 5.88 Å². The molecule has 1 aromatic heterocycles. The Morgan fingerprint density at radius 3 is 2.68 bits per heavy atom. The van der Waals surface area contributed by atoms with Gasteiger partial charge < -0.3 is 19.3 Å². The topological polar surface area (TPSA) is 67.8 Å². The highest BCUT2D eigenvalue weighted by Crippen LogP contribution is 2.26. The molecule has 1 aromatic rings. The van der Waals surface area contributed by atoms with E-state index in [0.717, 1.165) is 50.3 Å². The molecule has 106 valence electrons. The maximum Gasteiger partial charge on any atom is 0.343 e. The molecular formula is C11H18N4O3S. The number of nitrogens with zero attached hydrogens (tertiary/aromatic N) is 4. The summed E-state index contributed by atoms with van der Waals surface area (Å²) in [7, 11) is 1.33. The molecule has 1 saturated heterocycles. The average Bonchev–Trinajstić information content (AvgIpc) is 2.93. The molecule has 0 aromatic carbocycles. The molecule has 0 unspecified atom stereocenters. The van der Waals surface area contributed by atoms with Crippen LogP contribution in [0.4, 0.5) is 5.82 Å². The fourth-order valence-electron chi connectivity index (χ4n) is 1.92. The highest BCUT2D eigenvalue weighted by Gasteiger charge is 2.22. The average molecular weight is 286 g/mol. The lowest BCUT2D eigenvalue weighted by Gasteiger charge is -2.34. The Labute approximate surface area is 116 Å². The van der Waals surface area contributed by atoms with Crippen LogP contribution in [0.15, 0.2) is 0 Å². The molecule has 8 heteroatoms. The van der Waals surface area contributed by atoms with Crippen LogP contribution in [-0.2, 0) is 9.53 Å². The summed E-state index contributed by atoms with van der Waals surface area (Å²) in [6.07, 6.45) is 0. The second-order valence-corrected chi connectivity index (χ2v) is 4.71. The molecule has 19 heavy (non-hydrogen) atoms. The molecule has 0 radical (unpaired) electrons. The van der Waals surface area contributed by atoms with Crippen molar-refractivity contribution in [3.05, 3.63) is 0 Å². The number of hydrogen-bond acceptors (Lipinski definition) is 8. The zero-order valence-electron chi connectivity index (χ0n) is 11.2. The van der Waals surface area contributed by atoms with Gasteiger partial charge in [0.05, 0.1) is 18.8 Å². The van der Waals surface area contributed by atoms with Gasteiger partial charge in [-0.2, -0.15) is 4.37 Å². The minimum absolute atomic E-state index is 0.135. The number of esters is 1. The van der Waals surface area contributed by atoms with E-state index < -0.39 is 5.97 Å². The van der Waals surface area contributed by atoms with E-state index in [-0.39, 0.29) is 6.61 Å². The fourth-order valence-corrected chi connectivity index (χ4v) is 2.44. The Balaban J connectivity index is 1.94. The molecule has 7 nitrogen and oxygen atoms in total. The molecule has 0 bridgehead atoms. The van der Waals surface area contributed by atoms with Gasteiger partial charge in [0, 0.05) is 26.2 Å². The molecule has 0 saturated carbocycles. The second-order valence-electron chi connectivity index (χ2n) is 4.18. The third kappa shape index (κ3) is 3.54. The summed E-state index contributed by atoms with van der Waals surface area (Å²) in [5.74, 6) is 0.722. The van der Waals surface area contributed by atoms with Gasteiger partial charge in [0.25, 0.3) is 5.88 Å². The Hall–Kier alpha value is -1.41. The van der Waals surface area contributed by atoms with Crippen molar-refractivity contribution in [1.82, 2.24) is 13.6 Å². The van der Waals surface area contributed by atoms with Crippen LogP contribution < -0.4 is 9.64 Å². The first-order chi connectivity index (χ1) is 9.24. The predicted molar refractivity (Wildman–Crippen MR) is 71.7 cm³/mol. The van der Waals surface area contributed by atoms with Gasteiger partial charge in [-0.1, -0.05) is 6.92 Å². The van der Waals surface area contributed by atoms with Gasteiger partial charge in [-0.3, -0.25) is 0 Å². The van der Waals surface area contributed by atoms with Gasteiger partial charge in [0.2, 0.25) is 5.82 Å². The summed E-state index contributed by atoms with van der Waals surface area (Å²) in [5.41, 5.74) is 0. The van der Waals surface area contributed by atoms with Crippen LogP contribution in [-0.4, -0.2) is 66.1 Å². The number of anilines is 1. The molecule has 0 aliphatic carbocycles. The fraction of sp³-hybridized carbons (Fsp3) is 0.727. The standard InChI is InChI=1S/C11H18N4O3S/c1-3-14-4-6-15(7-5-14)10-11(13-19-12-10)18-8-9(16)17-2/h3-8H2,1-2H3. The lowest BCUT2D eigenvalue weighted by molar-refractivity contribution is -0.142. The smallest absolute Gasteiger partial charge is 0.343 e. The van der Waals surface area contributed by atoms with Gasteiger partial charge in [-0.05, 0) is 6.54 Å². The van der Waals surface area contributed by atoms with E-state index in [1.165, 1.54) is 7.11 Å². The molecule has 1 fully saturated rings. The van der Waals surface area contributed by atoms with Gasteiger partial charge >= 0.3 is 5.97 Å². The van der Waals surface area contributed by atoms with Crippen LogP contribution in [0.1, 0.15) is 6.92 Å². The van der Waals surface area contributed by atoms with Gasteiger partial charge in [-0.15, -0.1) is 4.37 Å². The highest BCUT2D eigenvalue weighted by molar-refractivity contribution is 6.99. The Kier molecular flexibility index (Phi) is 4.92. The van der Waals surface area contributed by atoms with E-state index in [9.17, 15) is 4.79 Å². The number of rotatable bonds is 5. The number of carbonyl (C=O) groups excluding carboxylic acids is 1. The Morgan fingerprint density at radius 2 is 2.05 bits per heavy atom. The van der Waals surface area contributed by atoms with E-state index in [1.807, 2.05) is 0 Å². The SMILES string of the molecule is CCN1CCN(c2nsnc2OCC(=O)OC)CC1. The molecule has 0 spiro atoms. The van der Waals surface area contributed by atoms with Crippen LogP contribution in [0.3, 0.4) is 0 Å². The number of methoxy groups -OCH3 is 1. The Morgan fingerprint density at radius 1 is 1.32 bits per heavy atom. The van der Waals surface area contributed by atoms with E-state index in [1.54, 1.807) is 0 Å². The third-order valence-corrected chi connectivity index (χ3v) is 3.62. The zero-order chi connectivity index (χ0) is 13.7. The van der Waals surface area contributed by atoms with Crippen LogP contribution in [0.2, 0.25) is 0 Å². The van der Waals surface area contributed by atoms with Gasteiger partial charge in [0.1, 0.15) is 0 Å². The number of piperazine rings is 1. The first-order valence-electron chi connectivity index (χ1n) is 6.24. The molecule has 1 aliphatic heterocycles. The summed E-state index contributed by atoms with van der Waals surface area (Å²) < 4.78 is 18.2. The monoisotopic (exact) mass is 286 g/mol. The summed E-state index contributed by atoms with van der Waals surface area (Å²) in [4.78, 5) is 15.6. The number of hydrogen-bond donors (Lipinski definition) is 0. The molecule has 2 rings (SSSR count). The summed E-state index contributed by atoms with van der Waals surface area (Å²) in [5, 5.41) is 0. The largest absolute Gasteiger partial charge is 0.466 e. The van der Waals surface area contributed by atoms with Crippen molar-refractivity contribution < 1.29 is 14.3 Å². The quantitative estimate of drug-likeness (QED) is 0.718. The van der Waals surface area contributed by atoms with E-state index in [4.69, 9.17) is 4.74 Å². The molecular weight excluding hydrogens is 268 g/mol. The van der Waals surface area contributed by atoms with Crippen molar-refractivity contribution in [2.24, 2.45) is 0 Å². The number of carbonyl (C=O) groups is 1. The summed E-state index contributed by atoms with van der Waals surface area (Å²) in [6.45, 7) is 6.89. The van der Waals surface area contributed by atoms with Crippen molar-refractivity contribution in [2.45, 2.75) is 6.92 Å². The van der Waals surface area contributed by atoms with Gasteiger partial charge in [-0.25, -0.2) is 4.79 Å². The minimum atomic E-state index is -0.422. The molecule has 0 N–H and O–H groups in total. The van der Waals surface area contributed by atoms with E-state index in [2.05, 4.69) is 30.2 Å². The van der Waals surface area contributed by atoms with Crippen LogP contribution >= 0.6 is 11.7 Å². The van der Waals surface area contributed by atoms with Crippen molar-refractivity contribution >= 4 is 23.5 Å². The van der Waals surface area contributed by atoms with E-state index >= 15 is 0 Å². The lowest BCUT2D eigenvalue weighted by atomic mass is 10.3. The van der Waals surface area contributed by atoms with Crippen LogP contribution in [0.5, 0.6) is 5.88 Å². The first-order valence-corrected chi connectivity index (χ1v) is 6.97. The summed E-state index contributed by atoms with van der Waals surface area (Å²) >= 11 is 1.09. The highest BCUT2D eigenvalue weighted by atomic mass is 32.1. The second kappa shape index (κ2) is 6.67. The van der Waals surface area contributed by atoms with Crippen LogP contribution in [0, 0.1) is 0 Å². The number of ether oxygens (including phenoxy) is 2. The minimum Gasteiger partial charge on any atom is -0.466 e. The zero-order valence-corrected chi connectivity index (χ0v) is 12.0. The molecule has 1 aliphatic rings. The number of likely N-dealkylation sites (N-methyl/N-ethyl adjacent to an activating group) is 1. The van der Waals surface area contributed by atoms with E-state index in [0.29, 0.717) is 5.88 Å². The lowest BCUT2D eigenvalue weighted by Crippen LogP contribution is -2.46.